The third-order valence-corrected chi connectivity index (χ3v) is 1.50. The van der Waals surface area contributed by atoms with Gasteiger partial charge in [0.15, 0.2) is 0 Å². The molecule has 2 N–H and O–H groups in total. The van der Waals surface area contributed by atoms with Gasteiger partial charge in [0.1, 0.15) is 6.54 Å². The predicted octanol–water partition coefficient (Wildman–Crippen LogP) is -1.10. The molecule has 0 heterocycles. The normalized spacial score (nSPS) is 9.73. The number of ether oxygens (including phenoxy) is 2. The first kappa shape index (κ1) is 13.9. The molecular formula is C9H18N2O4. The number of amides is 1. The summed E-state index contributed by atoms with van der Waals surface area (Å²) in [5, 5.41) is 5.28. The zero-order chi connectivity index (χ0) is 11.5. The highest BCUT2D eigenvalue weighted by Crippen LogP contribution is 1.75. The van der Waals surface area contributed by atoms with Crippen molar-refractivity contribution in [2.45, 2.75) is 6.92 Å². The molecule has 0 spiro atoms. The highest BCUT2D eigenvalue weighted by atomic mass is 16.5. The minimum atomic E-state index is -0.428. The van der Waals surface area contributed by atoms with E-state index in [1.807, 2.05) is 0 Å². The van der Waals surface area contributed by atoms with E-state index < -0.39 is 5.97 Å². The number of carbonyl (C=O) groups is 2. The fourth-order valence-corrected chi connectivity index (χ4v) is 0.821. The van der Waals surface area contributed by atoms with E-state index in [9.17, 15) is 9.59 Å². The molecule has 1 amide bonds. The quantitative estimate of drug-likeness (QED) is 0.399. The molecule has 0 rings (SSSR count). The Bertz CT molecular complexity index is 197. The topological polar surface area (TPSA) is 76.7 Å². The molecule has 6 heteroatoms. The van der Waals surface area contributed by atoms with E-state index in [0.717, 1.165) is 0 Å². The highest BCUT2D eigenvalue weighted by Gasteiger charge is 2.04. The fraction of sp³-hybridized carbons (Fsp3) is 0.778. The van der Waals surface area contributed by atoms with Crippen molar-refractivity contribution < 1.29 is 19.1 Å². The predicted molar refractivity (Wildman–Crippen MR) is 54.4 cm³/mol. The standard InChI is InChI=1S/C9H18N2O4/c1-3-15-9(13)7-11-8(12)6-10-4-5-14-2/h10H,3-7H2,1-2H3,(H,11,12). The molecule has 0 aliphatic heterocycles. The Morgan fingerprint density at radius 3 is 2.60 bits per heavy atom. The van der Waals surface area contributed by atoms with Crippen molar-refractivity contribution in [3.8, 4) is 0 Å². The number of esters is 1. The van der Waals surface area contributed by atoms with Gasteiger partial charge >= 0.3 is 5.97 Å². The van der Waals surface area contributed by atoms with E-state index in [-0.39, 0.29) is 19.0 Å². The van der Waals surface area contributed by atoms with Crippen molar-refractivity contribution >= 4 is 11.9 Å². The second kappa shape index (κ2) is 9.42. The van der Waals surface area contributed by atoms with Gasteiger partial charge < -0.3 is 20.1 Å². The first-order valence-electron chi connectivity index (χ1n) is 4.82. The maximum atomic E-state index is 11.1. The van der Waals surface area contributed by atoms with Crippen LogP contribution < -0.4 is 10.6 Å². The van der Waals surface area contributed by atoms with Crippen molar-refractivity contribution in [3.05, 3.63) is 0 Å². The van der Waals surface area contributed by atoms with Crippen LogP contribution in [-0.4, -0.2) is 51.8 Å². The number of nitrogens with one attached hydrogen (secondary N) is 2. The lowest BCUT2D eigenvalue weighted by Gasteiger charge is -2.05. The van der Waals surface area contributed by atoms with Gasteiger partial charge in [-0.25, -0.2) is 0 Å². The van der Waals surface area contributed by atoms with Crippen LogP contribution in [-0.2, 0) is 19.1 Å². The second-order valence-corrected chi connectivity index (χ2v) is 2.75. The van der Waals surface area contributed by atoms with Crippen molar-refractivity contribution in [3.63, 3.8) is 0 Å². The Labute approximate surface area is 89.3 Å². The molecule has 0 fully saturated rings. The van der Waals surface area contributed by atoms with E-state index in [2.05, 4.69) is 15.4 Å². The summed E-state index contributed by atoms with van der Waals surface area (Å²) in [6, 6.07) is 0. The zero-order valence-corrected chi connectivity index (χ0v) is 9.17. The van der Waals surface area contributed by atoms with Crippen molar-refractivity contribution in [1.82, 2.24) is 10.6 Å². The lowest BCUT2D eigenvalue weighted by Crippen LogP contribution is -2.38. The van der Waals surface area contributed by atoms with Crippen LogP contribution in [0.3, 0.4) is 0 Å². The Morgan fingerprint density at radius 2 is 2.00 bits per heavy atom. The van der Waals surface area contributed by atoms with Crippen LogP contribution in [0.5, 0.6) is 0 Å². The van der Waals surface area contributed by atoms with Crippen LogP contribution in [0.15, 0.2) is 0 Å². The average molecular weight is 218 g/mol. The van der Waals surface area contributed by atoms with Crippen molar-refractivity contribution in [2.24, 2.45) is 0 Å². The van der Waals surface area contributed by atoms with Crippen molar-refractivity contribution in [2.75, 3.05) is 40.0 Å². The van der Waals surface area contributed by atoms with Gasteiger partial charge in [-0.05, 0) is 6.92 Å². The first-order chi connectivity index (χ1) is 7.20. The summed E-state index contributed by atoms with van der Waals surface area (Å²) in [7, 11) is 1.59. The van der Waals surface area contributed by atoms with Crippen LogP contribution >= 0.6 is 0 Å². The molecule has 88 valence electrons. The smallest absolute Gasteiger partial charge is 0.325 e. The first-order valence-corrected chi connectivity index (χ1v) is 4.82. The number of hydrogen-bond donors (Lipinski definition) is 2. The van der Waals surface area contributed by atoms with E-state index in [4.69, 9.17) is 4.74 Å². The van der Waals surface area contributed by atoms with Gasteiger partial charge in [0, 0.05) is 13.7 Å². The van der Waals surface area contributed by atoms with Crippen LogP contribution in [0.1, 0.15) is 6.92 Å². The molecule has 6 nitrogen and oxygen atoms in total. The van der Waals surface area contributed by atoms with Crippen LogP contribution in [0.25, 0.3) is 0 Å². The van der Waals surface area contributed by atoms with Crippen LogP contribution in [0, 0.1) is 0 Å². The molecule has 0 radical (unpaired) electrons. The third kappa shape index (κ3) is 9.17. The lowest BCUT2D eigenvalue weighted by atomic mass is 10.5. The van der Waals surface area contributed by atoms with Crippen LogP contribution in [0.4, 0.5) is 0 Å². The molecule has 0 saturated heterocycles. The Balaban J connectivity index is 3.36. The molecule has 0 aromatic carbocycles. The number of methoxy groups -OCH3 is 1. The minimum Gasteiger partial charge on any atom is -0.465 e. The average Bonchev–Trinajstić information content (AvgIpc) is 2.22. The molecule has 0 atom stereocenters. The molecule has 0 aromatic heterocycles. The van der Waals surface area contributed by atoms with Gasteiger partial charge in [0.25, 0.3) is 0 Å². The van der Waals surface area contributed by atoms with Gasteiger partial charge in [-0.15, -0.1) is 0 Å². The zero-order valence-electron chi connectivity index (χ0n) is 9.17. The highest BCUT2D eigenvalue weighted by molar-refractivity contribution is 5.83. The molecule has 0 saturated carbocycles. The summed E-state index contributed by atoms with van der Waals surface area (Å²) < 4.78 is 9.43. The molecule has 0 aliphatic rings. The van der Waals surface area contributed by atoms with E-state index in [1.165, 1.54) is 0 Å². The molecule has 0 aliphatic carbocycles. The molecule has 15 heavy (non-hydrogen) atoms. The molecule has 0 aromatic rings. The number of rotatable bonds is 8. The van der Waals surface area contributed by atoms with Crippen LogP contribution in [0.2, 0.25) is 0 Å². The van der Waals surface area contributed by atoms with E-state index >= 15 is 0 Å². The van der Waals surface area contributed by atoms with Gasteiger partial charge in [-0.2, -0.15) is 0 Å². The third-order valence-electron chi connectivity index (χ3n) is 1.50. The Kier molecular flexibility index (Phi) is 8.70. The maximum Gasteiger partial charge on any atom is 0.325 e. The summed E-state index contributed by atoms with van der Waals surface area (Å²) in [5.41, 5.74) is 0. The van der Waals surface area contributed by atoms with Gasteiger partial charge in [0.2, 0.25) is 5.91 Å². The number of hydrogen-bond acceptors (Lipinski definition) is 5. The SMILES string of the molecule is CCOC(=O)CNC(=O)CNCCOC. The summed E-state index contributed by atoms with van der Waals surface area (Å²) >= 11 is 0. The number of carbonyl (C=O) groups excluding carboxylic acids is 2. The second-order valence-electron chi connectivity index (χ2n) is 2.75. The summed E-state index contributed by atoms with van der Waals surface area (Å²) in [6.45, 7) is 3.27. The van der Waals surface area contributed by atoms with Gasteiger partial charge in [0.05, 0.1) is 19.8 Å². The summed E-state index contributed by atoms with van der Waals surface area (Å²) in [5.74, 6) is -0.665. The maximum absolute atomic E-state index is 11.1. The lowest BCUT2D eigenvalue weighted by molar-refractivity contribution is -0.143. The largest absolute Gasteiger partial charge is 0.465 e. The van der Waals surface area contributed by atoms with E-state index in [1.54, 1.807) is 14.0 Å². The molecular weight excluding hydrogens is 200 g/mol. The van der Waals surface area contributed by atoms with E-state index in [0.29, 0.717) is 19.8 Å². The van der Waals surface area contributed by atoms with Gasteiger partial charge in [-0.1, -0.05) is 0 Å². The van der Waals surface area contributed by atoms with Crippen molar-refractivity contribution in [1.29, 1.82) is 0 Å². The minimum absolute atomic E-state index is 0.0847. The Morgan fingerprint density at radius 1 is 1.27 bits per heavy atom. The van der Waals surface area contributed by atoms with Gasteiger partial charge in [-0.3, -0.25) is 9.59 Å². The summed E-state index contributed by atoms with van der Waals surface area (Å²) in [4.78, 5) is 21.9. The molecule has 0 unspecified atom stereocenters. The fourth-order valence-electron chi connectivity index (χ4n) is 0.821. The monoisotopic (exact) mass is 218 g/mol. The summed E-state index contributed by atoms with van der Waals surface area (Å²) in [6.07, 6.45) is 0. The molecule has 0 bridgehead atoms. The Hall–Kier alpha value is -1.14.